The first-order chi connectivity index (χ1) is 12.6. The zero-order valence-corrected chi connectivity index (χ0v) is 16.3. The third-order valence-electron chi connectivity index (χ3n) is 4.28. The lowest BCUT2D eigenvalue weighted by Crippen LogP contribution is -2.37. The molecule has 1 aliphatic rings. The Hall–Kier alpha value is -2.42. The molecule has 0 bridgehead atoms. The number of amides is 2. The van der Waals surface area contributed by atoms with Crippen LogP contribution in [0.2, 0.25) is 0 Å². The van der Waals surface area contributed by atoms with Crippen molar-refractivity contribution in [1.82, 2.24) is 4.90 Å². The normalized spacial score (nSPS) is 17.9. The van der Waals surface area contributed by atoms with Gasteiger partial charge in [-0.2, -0.15) is 0 Å². The van der Waals surface area contributed by atoms with Gasteiger partial charge in [0.05, 0.1) is 18.1 Å². The van der Waals surface area contributed by atoms with E-state index >= 15 is 0 Å². The van der Waals surface area contributed by atoms with Crippen molar-refractivity contribution >= 4 is 33.3 Å². The second-order valence-corrected chi connectivity index (χ2v) is 9.03. The molecule has 0 aromatic heterocycles. The monoisotopic (exact) mass is 396 g/mol. The molecular weight excluding hydrogens is 372 g/mol. The van der Waals surface area contributed by atoms with Crippen LogP contribution in [0.15, 0.2) is 24.3 Å². The molecular formula is C18H24N2O6S. The van der Waals surface area contributed by atoms with Crippen molar-refractivity contribution in [3.63, 3.8) is 0 Å². The highest BCUT2D eigenvalue weighted by molar-refractivity contribution is 7.91. The summed E-state index contributed by atoms with van der Waals surface area (Å²) in [5, 5.41) is 2.68. The van der Waals surface area contributed by atoms with Gasteiger partial charge in [0.25, 0.3) is 5.91 Å². The fraction of sp³-hybridized carbons (Fsp3) is 0.500. The van der Waals surface area contributed by atoms with Crippen molar-refractivity contribution in [2.24, 2.45) is 5.92 Å². The third kappa shape index (κ3) is 7.01. The van der Waals surface area contributed by atoms with E-state index in [0.29, 0.717) is 12.1 Å². The molecule has 9 heteroatoms. The second kappa shape index (κ2) is 8.98. The second-order valence-electron chi connectivity index (χ2n) is 6.80. The molecule has 0 radical (unpaired) electrons. The summed E-state index contributed by atoms with van der Waals surface area (Å²) < 4.78 is 27.7. The van der Waals surface area contributed by atoms with Crippen LogP contribution in [0.4, 0.5) is 5.69 Å². The van der Waals surface area contributed by atoms with Crippen LogP contribution in [-0.4, -0.2) is 62.8 Å². The molecule has 1 saturated heterocycles. The van der Waals surface area contributed by atoms with Crippen LogP contribution in [-0.2, 0) is 29.0 Å². The summed E-state index contributed by atoms with van der Waals surface area (Å²) >= 11 is 0. The number of ether oxygens (including phenoxy) is 1. The Kier molecular flexibility index (Phi) is 6.95. The molecule has 1 aromatic rings. The van der Waals surface area contributed by atoms with Gasteiger partial charge < -0.3 is 15.0 Å². The molecule has 1 atom stereocenters. The average molecular weight is 396 g/mol. The predicted octanol–water partition coefficient (Wildman–Crippen LogP) is 0.760. The van der Waals surface area contributed by atoms with Gasteiger partial charge in [-0.1, -0.05) is 17.7 Å². The minimum atomic E-state index is -3.05. The Morgan fingerprint density at radius 2 is 1.89 bits per heavy atom. The highest BCUT2D eigenvalue weighted by Gasteiger charge is 2.30. The first-order valence-corrected chi connectivity index (χ1v) is 10.4. The fourth-order valence-corrected chi connectivity index (χ4v) is 4.58. The van der Waals surface area contributed by atoms with E-state index in [-0.39, 0.29) is 36.3 Å². The van der Waals surface area contributed by atoms with Crippen molar-refractivity contribution in [1.29, 1.82) is 0 Å². The third-order valence-corrected chi connectivity index (χ3v) is 6.12. The lowest BCUT2D eigenvalue weighted by atomic mass is 10.1. The number of aryl methyl sites for hydroxylation is 1. The van der Waals surface area contributed by atoms with E-state index in [1.165, 1.54) is 7.05 Å². The number of nitrogens with zero attached hydrogens (tertiary/aromatic N) is 1. The lowest BCUT2D eigenvalue weighted by Gasteiger charge is -2.17. The van der Waals surface area contributed by atoms with Crippen LogP contribution in [0.5, 0.6) is 0 Å². The number of hydrogen-bond acceptors (Lipinski definition) is 6. The number of carbonyl (C=O) groups is 3. The van der Waals surface area contributed by atoms with Crippen LogP contribution in [0.25, 0.3) is 0 Å². The first-order valence-electron chi connectivity index (χ1n) is 8.61. The van der Waals surface area contributed by atoms with Gasteiger partial charge in [-0.05, 0) is 31.4 Å². The Morgan fingerprint density at radius 3 is 2.48 bits per heavy atom. The molecule has 0 spiro atoms. The van der Waals surface area contributed by atoms with Gasteiger partial charge in [0.1, 0.15) is 0 Å². The molecule has 27 heavy (non-hydrogen) atoms. The minimum absolute atomic E-state index is 0.0187. The topological polar surface area (TPSA) is 110 Å². The molecule has 0 unspecified atom stereocenters. The van der Waals surface area contributed by atoms with Gasteiger partial charge >= 0.3 is 5.97 Å². The fourth-order valence-electron chi connectivity index (χ4n) is 2.72. The van der Waals surface area contributed by atoms with Gasteiger partial charge in [-0.3, -0.25) is 14.4 Å². The van der Waals surface area contributed by atoms with Crippen molar-refractivity contribution < 1.29 is 27.5 Å². The highest BCUT2D eigenvalue weighted by atomic mass is 32.2. The largest absolute Gasteiger partial charge is 0.456 e. The van der Waals surface area contributed by atoms with E-state index in [4.69, 9.17) is 4.74 Å². The van der Waals surface area contributed by atoms with Gasteiger partial charge in [0.2, 0.25) is 5.91 Å². The first kappa shape index (κ1) is 20.9. The standard InChI is InChI=1S/C18H24N2O6S/c1-13-3-5-15(6-4-13)19-16(21)10-20(2)17(22)11-26-18(23)9-14-7-8-27(24,25)12-14/h3-6,14H,7-12H2,1-2H3,(H,19,21)/t14-/m0/s1. The van der Waals surface area contributed by atoms with Crippen molar-refractivity contribution in [3.8, 4) is 0 Å². The molecule has 1 N–H and O–H groups in total. The Bertz CT molecular complexity index is 804. The Morgan fingerprint density at radius 1 is 1.22 bits per heavy atom. The lowest BCUT2D eigenvalue weighted by molar-refractivity contribution is -0.152. The Balaban J connectivity index is 1.70. The molecule has 8 nitrogen and oxygen atoms in total. The molecule has 0 saturated carbocycles. The van der Waals surface area contributed by atoms with Gasteiger partial charge in [0.15, 0.2) is 16.4 Å². The van der Waals surface area contributed by atoms with Gasteiger partial charge in [0, 0.05) is 19.2 Å². The molecule has 148 valence electrons. The maximum atomic E-state index is 12.0. The minimum Gasteiger partial charge on any atom is -0.456 e. The summed E-state index contributed by atoms with van der Waals surface area (Å²) in [6.07, 6.45) is 0.411. The van der Waals surface area contributed by atoms with Crippen LogP contribution in [0.3, 0.4) is 0 Å². The zero-order valence-electron chi connectivity index (χ0n) is 15.4. The number of likely N-dealkylation sites (N-methyl/N-ethyl adjacent to an activating group) is 1. The van der Waals surface area contributed by atoms with E-state index in [1.54, 1.807) is 12.1 Å². The van der Waals surface area contributed by atoms with Crippen LogP contribution in [0, 0.1) is 12.8 Å². The van der Waals surface area contributed by atoms with E-state index in [1.807, 2.05) is 19.1 Å². The molecule has 2 rings (SSSR count). The summed E-state index contributed by atoms with van der Waals surface area (Å²) in [5.41, 5.74) is 1.70. The van der Waals surface area contributed by atoms with Crippen molar-refractivity contribution in [2.45, 2.75) is 19.8 Å². The quantitative estimate of drug-likeness (QED) is 0.682. The van der Waals surface area contributed by atoms with Crippen molar-refractivity contribution in [2.75, 3.05) is 37.0 Å². The molecule has 1 aromatic carbocycles. The predicted molar refractivity (Wildman–Crippen MR) is 99.8 cm³/mol. The molecule has 2 amide bonds. The number of anilines is 1. The number of benzene rings is 1. The van der Waals surface area contributed by atoms with E-state index < -0.39 is 28.3 Å². The maximum Gasteiger partial charge on any atom is 0.306 e. The summed E-state index contributed by atoms with van der Waals surface area (Å²) in [6, 6.07) is 7.25. The van der Waals surface area contributed by atoms with Gasteiger partial charge in [-0.25, -0.2) is 8.42 Å². The average Bonchev–Trinajstić information content (AvgIpc) is 2.93. The number of carbonyl (C=O) groups excluding carboxylic acids is 3. The molecule has 1 aliphatic heterocycles. The van der Waals surface area contributed by atoms with Crippen molar-refractivity contribution in [3.05, 3.63) is 29.8 Å². The molecule has 1 heterocycles. The SMILES string of the molecule is Cc1ccc(NC(=O)CN(C)C(=O)COC(=O)C[C@@H]2CCS(=O)(=O)C2)cc1. The number of nitrogens with one attached hydrogen (secondary N) is 1. The maximum absolute atomic E-state index is 12.0. The summed E-state index contributed by atoms with van der Waals surface area (Å²) in [5.74, 6) is -1.67. The molecule has 1 fully saturated rings. The smallest absolute Gasteiger partial charge is 0.306 e. The number of rotatable bonds is 7. The highest BCUT2D eigenvalue weighted by Crippen LogP contribution is 2.21. The van der Waals surface area contributed by atoms with E-state index in [0.717, 1.165) is 10.5 Å². The Labute approximate surface area is 158 Å². The van der Waals surface area contributed by atoms with Crippen LogP contribution < -0.4 is 5.32 Å². The van der Waals surface area contributed by atoms with Crippen LogP contribution >= 0.6 is 0 Å². The zero-order chi connectivity index (χ0) is 20.0. The van der Waals surface area contributed by atoms with E-state index in [9.17, 15) is 22.8 Å². The summed E-state index contributed by atoms with van der Waals surface area (Å²) in [7, 11) is -1.62. The van der Waals surface area contributed by atoms with Crippen LogP contribution in [0.1, 0.15) is 18.4 Å². The summed E-state index contributed by atoms with van der Waals surface area (Å²) in [4.78, 5) is 36.9. The number of sulfone groups is 1. The summed E-state index contributed by atoms with van der Waals surface area (Å²) in [6.45, 7) is 1.28. The van der Waals surface area contributed by atoms with E-state index in [2.05, 4.69) is 5.32 Å². The molecule has 0 aliphatic carbocycles. The number of esters is 1. The van der Waals surface area contributed by atoms with Gasteiger partial charge in [-0.15, -0.1) is 0 Å². The number of hydrogen-bond donors (Lipinski definition) is 1.